The summed E-state index contributed by atoms with van der Waals surface area (Å²) in [5.41, 5.74) is 0.268. The van der Waals surface area contributed by atoms with E-state index in [-0.39, 0.29) is 24.2 Å². The fraction of sp³-hybridized carbons (Fsp3) is 0.417. The molecule has 6 heteroatoms. The quantitative estimate of drug-likeness (QED) is 0.773. The zero-order chi connectivity index (χ0) is 21.0. The van der Waals surface area contributed by atoms with Gasteiger partial charge < -0.3 is 15.0 Å². The molecule has 1 saturated heterocycles. The van der Waals surface area contributed by atoms with E-state index in [0.29, 0.717) is 29.8 Å². The minimum atomic E-state index is -0.831. The van der Waals surface area contributed by atoms with Crippen molar-refractivity contribution in [2.45, 2.75) is 43.9 Å². The minimum absolute atomic E-state index is 0.00191. The molecular weight excluding hydrogens is 383 g/mol. The van der Waals surface area contributed by atoms with Gasteiger partial charge in [-0.2, -0.15) is 0 Å². The van der Waals surface area contributed by atoms with Gasteiger partial charge in [-0.05, 0) is 56.0 Å². The number of anilines is 1. The van der Waals surface area contributed by atoms with Crippen molar-refractivity contribution < 1.29 is 18.7 Å². The van der Waals surface area contributed by atoms with Crippen LogP contribution in [0.1, 0.15) is 44.1 Å². The summed E-state index contributed by atoms with van der Waals surface area (Å²) in [5.74, 6) is 0.0621. The number of carbonyl (C=O) groups is 2. The molecule has 0 bridgehead atoms. The fourth-order valence-corrected chi connectivity index (χ4v) is 4.53. The number of amides is 2. The van der Waals surface area contributed by atoms with Gasteiger partial charge in [0, 0.05) is 24.3 Å². The molecule has 0 spiro atoms. The molecule has 0 aromatic heterocycles. The molecule has 0 radical (unpaired) electrons. The summed E-state index contributed by atoms with van der Waals surface area (Å²) in [6.45, 7) is 1.62. The van der Waals surface area contributed by atoms with Crippen LogP contribution in [0.5, 0.6) is 5.75 Å². The highest BCUT2D eigenvalue weighted by atomic mass is 19.1. The van der Waals surface area contributed by atoms with E-state index >= 15 is 0 Å². The Morgan fingerprint density at radius 1 is 0.967 bits per heavy atom. The van der Waals surface area contributed by atoms with Crippen molar-refractivity contribution in [1.82, 2.24) is 4.90 Å². The van der Waals surface area contributed by atoms with Crippen molar-refractivity contribution in [3.05, 3.63) is 59.9 Å². The molecule has 1 N–H and O–H groups in total. The first-order chi connectivity index (χ1) is 14.6. The Morgan fingerprint density at radius 3 is 2.30 bits per heavy atom. The van der Waals surface area contributed by atoms with Crippen molar-refractivity contribution >= 4 is 17.5 Å². The first-order valence-electron chi connectivity index (χ1n) is 10.7. The predicted octanol–water partition coefficient (Wildman–Crippen LogP) is 4.28. The number of hydrogen-bond acceptors (Lipinski definition) is 3. The number of halogens is 1. The first kappa shape index (κ1) is 20.4. The Kier molecular flexibility index (Phi) is 6.02. The van der Waals surface area contributed by atoms with Crippen molar-refractivity contribution in [3.63, 3.8) is 0 Å². The van der Waals surface area contributed by atoms with Crippen molar-refractivity contribution in [2.75, 3.05) is 25.0 Å². The highest BCUT2D eigenvalue weighted by Gasteiger charge is 2.44. The zero-order valence-corrected chi connectivity index (χ0v) is 17.0. The summed E-state index contributed by atoms with van der Waals surface area (Å²) in [4.78, 5) is 27.1. The van der Waals surface area contributed by atoms with Gasteiger partial charge >= 0.3 is 0 Å². The third-order valence-electron chi connectivity index (χ3n) is 6.21. The van der Waals surface area contributed by atoms with Gasteiger partial charge in [-0.25, -0.2) is 4.39 Å². The molecular formula is C24H27FN2O3. The van der Waals surface area contributed by atoms with Gasteiger partial charge in [0.05, 0.1) is 5.41 Å². The van der Waals surface area contributed by atoms with Crippen LogP contribution in [0.2, 0.25) is 0 Å². The van der Waals surface area contributed by atoms with Gasteiger partial charge in [-0.1, -0.05) is 31.0 Å². The molecule has 1 aliphatic heterocycles. The Morgan fingerprint density at radius 2 is 1.63 bits per heavy atom. The fourth-order valence-electron chi connectivity index (χ4n) is 4.53. The van der Waals surface area contributed by atoms with Gasteiger partial charge in [0.2, 0.25) is 5.91 Å². The lowest BCUT2D eigenvalue weighted by molar-refractivity contribution is -0.132. The standard InChI is InChI=1S/C24H27FN2O3/c25-21-8-2-1-7-20(21)24(13-3-4-14-24)23(29)26-18-9-11-19(12-10-18)30-17-22(28)27-15-5-6-16-27/h1-2,7-12H,3-6,13-17H2,(H,26,29). The molecule has 1 heterocycles. The maximum Gasteiger partial charge on any atom is 0.260 e. The predicted molar refractivity (Wildman–Crippen MR) is 113 cm³/mol. The molecule has 0 atom stereocenters. The van der Waals surface area contributed by atoms with Gasteiger partial charge in [-0.15, -0.1) is 0 Å². The second kappa shape index (κ2) is 8.86. The van der Waals surface area contributed by atoms with E-state index in [1.165, 1.54) is 6.07 Å². The summed E-state index contributed by atoms with van der Waals surface area (Å²) in [6.07, 6.45) is 5.18. The number of ether oxygens (including phenoxy) is 1. The van der Waals surface area contributed by atoms with Gasteiger partial charge in [-0.3, -0.25) is 9.59 Å². The molecule has 30 heavy (non-hydrogen) atoms. The normalized spacial score (nSPS) is 17.7. The summed E-state index contributed by atoms with van der Waals surface area (Å²) >= 11 is 0. The van der Waals surface area contributed by atoms with Crippen molar-refractivity contribution in [3.8, 4) is 5.75 Å². The lowest BCUT2D eigenvalue weighted by atomic mass is 9.77. The van der Waals surface area contributed by atoms with E-state index in [4.69, 9.17) is 4.74 Å². The number of hydrogen-bond donors (Lipinski definition) is 1. The van der Waals surface area contributed by atoms with Crippen LogP contribution in [-0.4, -0.2) is 36.4 Å². The Labute approximate surface area is 176 Å². The summed E-state index contributed by atoms with van der Waals surface area (Å²) < 4.78 is 20.1. The minimum Gasteiger partial charge on any atom is -0.484 e. The van der Waals surface area contributed by atoms with Crippen molar-refractivity contribution in [2.24, 2.45) is 0 Å². The second-order valence-corrected chi connectivity index (χ2v) is 8.12. The van der Waals surface area contributed by atoms with E-state index in [1.54, 1.807) is 42.5 Å². The molecule has 2 aliphatic rings. The van der Waals surface area contributed by atoms with E-state index in [9.17, 15) is 14.0 Å². The number of carbonyl (C=O) groups excluding carboxylic acids is 2. The molecule has 158 valence electrons. The number of benzene rings is 2. The van der Waals surface area contributed by atoms with Crippen molar-refractivity contribution in [1.29, 1.82) is 0 Å². The number of nitrogens with zero attached hydrogens (tertiary/aromatic N) is 1. The smallest absolute Gasteiger partial charge is 0.260 e. The highest BCUT2D eigenvalue weighted by molar-refractivity contribution is 5.99. The molecule has 0 unspecified atom stereocenters. The monoisotopic (exact) mass is 410 g/mol. The molecule has 1 aliphatic carbocycles. The maximum atomic E-state index is 14.5. The van der Waals surface area contributed by atoms with Crippen LogP contribution in [-0.2, 0) is 15.0 Å². The largest absolute Gasteiger partial charge is 0.484 e. The average Bonchev–Trinajstić information content (AvgIpc) is 3.46. The summed E-state index contributed by atoms with van der Waals surface area (Å²) in [7, 11) is 0. The van der Waals surface area contributed by atoms with Crippen LogP contribution >= 0.6 is 0 Å². The lowest BCUT2D eigenvalue weighted by Gasteiger charge is -2.28. The second-order valence-electron chi connectivity index (χ2n) is 8.12. The Balaban J connectivity index is 1.40. The SMILES string of the molecule is O=C(COc1ccc(NC(=O)C2(c3ccccc3F)CCCC2)cc1)N1CCCC1. The van der Waals surface area contributed by atoms with E-state index < -0.39 is 5.41 Å². The van der Waals surface area contributed by atoms with Crippen LogP contribution < -0.4 is 10.1 Å². The topological polar surface area (TPSA) is 58.6 Å². The van der Waals surface area contributed by atoms with Gasteiger partial charge in [0.25, 0.3) is 5.91 Å². The Hall–Kier alpha value is -2.89. The summed E-state index contributed by atoms with van der Waals surface area (Å²) in [6, 6.07) is 13.5. The molecule has 4 rings (SSSR count). The first-order valence-corrected chi connectivity index (χ1v) is 10.7. The number of likely N-dealkylation sites (tertiary alicyclic amines) is 1. The maximum absolute atomic E-state index is 14.5. The number of nitrogens with one attached hydrogen (secondary N) is 1. The van der Waals surface area contributed by atoms with Crippen LogP contribution in [0.3, 0.4) is 0 Å². The Bertz CT molecular complexity index is 901. The van der Waals surface area contributed by atoms with Gasteiger partial charge in [0.15, 0.2) is 6.61 Å². The third kappa shape index (κ3) is 4.18. The van der Waals surface area contributed by atoms with E-state index in [2.05, 4.69) is 5.32 Å². The molecule has 1 saturated carbocycles. The van der Waals surface area contributed by atoms with E-state index in [0.717, 1.165) is 38.8 Å². The molecule has 2 amide bonds. The van der Waals surface area contributed by atoms with E-state index in [1.807, 2.05) is 4.90 Å². The highest BCUT2D eigenvalue weighted by Crippen LogP contribution is 2.43. The number of rotatable bonds is 6. The van der Waals surface area contributed by atoms with Gasteiger partial charge in [0.1, 0.15) is 11.6 Å². The summed E-state index contributed by atoms with van der Waals surface area (Å²) in [5, 5.41) is 2.95. The van der Waals surface area contributed by atoms with Crippen LogP contribution in [0.15, 0.2) is 48.5 Å². The molecule has 2 aromatic carbocycles. The van der Waals surface area contributed by atoms with Crippen LogP contribution in [0, 0.1) is 5.82 Å². The average molecular weight is 410 g/mol. The third-order valence-corrected chi connectivity index (χ3v) is 6.21. The van der Waals surface area contributed by atoms with Crippen LogP contribution in [0.4, 0.5) is 10.1 Å². The molecule has 2 aromatic rings. The lowest BCUT2D eigenvalue weighted by Crippen LogP contribution is -2.38. The van der Waals surface area contributed by atoms with Crippen LogP contribution in [0.25, 0.3) is 0 Å². The zero-order valence-electron chi connectivity index (χ0n) is 17.0. The molecule has 2 fully saturated rings. The molecule has 5 nitrogen and oxygen atoms in total.